The molecule has 2 rings (SSSR count). The number of ether oxygens (including phenoxy) is 2. The summed E-state index contributed by atoms with van der Waals surface area (Å²) in [4.78, 5) is 12.5. The van der Waals surface area contributed by atoms with E-state index in [9.17, 15) is 4.79 Å². The van der Waals surface area contributed by atoms with Gasteiger partial charge in [-0.2, -0.15) is 5.10 Å². The maximum Gasteiger partial charge on any atom is 0.259 e. The van der Waals surface area contributed by atoms with Gasteiger partial charge < -0.3 is 14.8 Å². The molecule has 0 aliphatic carbocycles. The Morgan fingerprint density at radius 2 is 1.73 bits per heavy atom. The molecule has 22 heavy (non-hydrogen) atoms. The molecule has 0 saturated carbocycles. The lowest BCUT2D eigenvalue weighted by molar-refractivity contribution is 0.102. The van der Waals surface area contributed by atoms with E-state index in [0.29, 0.717) is 28.4 Å². The fourth-order valence-corrected chi connectivity index (χ4v) is 2.40. The third-order valence-corrected chi connectivity index (χ3v) is 3.71. The number of aromatic nitrogens is 2. The van der Waals surface area contributed by atoms with Gasteiger partial charge in [0, 0.05) is 24.5 Å². The van der Waals surface area contributed by atoms with Gasteiger partial charge in [0.2, 0.25) is 0 Å². The Hall–Kier alpha value is -2.50. The minimum absolute atomic E-state index is 0.182. The first kappa shape index (κ1) is 15.9. The van der Waals surface area contributed by atoms with Crippen LogP contribution in [0.5, 0.6) is 11.5 Å². The number of benzene rings is 1. The molecular weight excluding hydrogens is 282 g/mol. The number of nitrogens with one attached hydrogen (secondary N) is 1. The van der Waals surface area contributed by atoms with Crippen molar-refractivity contribution in [3.63, 3.8) is 0 Å². The second-order valence-corrected chi connectivity index (χ2v) is 5.15. The normalized spacial score (nSPS) is 10.5. The monoisotopic (exact) mass is 303 g/mol. The van der Waals surface area contributed by atoms with Crippen LogP contribution < -0.4 is 14.8 Å². The molecule has 0 bridgehead atoms. The maximum atomic E-state index is 12.5. The second-order valence-electron chi connectivity index (χ2n) is 5.15. The lowest BCUT2D eigenvalue weighted by atomic mass is 10.1. The van der Waals surface area contributed by atoms with Gasteiger partial charge in [0.1, 0.15) is 0 Å². The number of methoxy groups -OCH3 is 2. The summed E-state index contributed by atoms with van der Waals surface area (Å²) in [6.07, 6.45) is 0. The lowest BCUT2D eigenvalue weighted by Crippen LogP contribution is -2.15. The van der Waals surface area contributed by atoms with Gasteiger partial charge in [-0.1, -0.05) is 0 Å². The number of amides is 1. The van der Waals surface area contributed by atoms with Crippen molar-refractivity contribution in [2.45, 2.75) is 20.8 Å². The van der Waals surface area contributed by atoms with E-state index in [1.165, 1.54) is 0 Å². The van der Waals surface area contributed by atoms with Gasteiger partial charge in [0.25, 0.3) is 5.91 Å². The van der Waals surface area contributed by atoms with E-state index in [1.807, 2.05) is 33.9 Å². The zero-order chi connectivity index (χ0) is 16.4. The van der Waals surface area contributed by atoms with Crippen LogP contribution in [-0.4, -0.2) is 29.9 Å². The average molecular weight is 303 g/mol. The fraction of sp³-hybridized carbons (Fsp3) is 0.375. The van der Waals surface area contributed by atoms with Crippen molar-refractivity contribution in [1.29, 1.82) is 0 Å². The Balaban J connectivity index is 2.36. The van der Waals surface area contributed by atoms with Gasteiger partial charge in [0.15, 0.2) is 11.5 Å². The molecule has 6 nitrogen and oxygen atoms in total. The lowest BCUT2D eigenvalue weighted by Gasteiger charge is -2.13. The quantitative estimate of drug-likeness (QED) is 0.943. The largest absolute Gasteiger partial charge is 0.493 e. The topological polar surface area (TPSA) is 65.4 Å². The van der Waals surface area contributed by atoms with Gasteiger partial charge >= 0.3 is 0 Å². The van der Waals surface area contributed by atoms with Crippen molar-refractivity contribution in [2.24, 2.45) is 7.05 Å². The number of carbonyl (C=O) groups is 1. The highest BCUT2D eigenvalue weighted by Gasteiger charge is 2.19. The zero-order valence-electron chi connectivity index (χ0n) is 13.8. The van der Waals surface area contributed by atoms with Crippen molar-refractivity contribution < 1.29 is 14.3 Å². The van der Waals surface area contributed by atoms with Crippen LogP contribution in [0, 0.1) is 20.8 Å². The van der Waals surface area contributed by atoms with Crippen molar-refractivity contribution in [3.8, 4) is 11.5 Å². The highest BCUT2D eigenvalue weighted by Crippen LogP contribution is 2.33. The van der Waals surface area contributed by atoms with Crippen LogP contribution >= 0.6 is 0 Å². The first-order chi connectivity index (χ1) is 10.4. The molecule has 118 valence electrons. The third kappa shape index (κ3) is 2.77. The van der Waals surface area contributed by atoms with E-state index in [1.54, 1.807) is 25.0 Å². The van der Waals surface area contributed by atoms with Gasteiger partial charge in [-0.25, -0.2) is 0 Å². The van der Waals surface area contributed by atoms with E-state index in [2.05, 4.69) is 10.4 Å². The summed E-state index contributed by atoms with van der Waals surface area (Å²) < 4.78 is 12.2. The first-order valence-electron chi connectivity index (χ1n) is 6.93. The number of hydrogen-bond acceptors (Lipinski definition) is 4. The average Bonchev–Trinajstić information content (AvgIpc) is 2.73. The summed E-state index contributed by atoms with van der Waals surface area (Å²) >= 11 is 0. The fourth-order valence-electron chi connectivity index (χ4n) is 2.40. The number of anilines is 1. The van der Waals surface area contributed by atoms with E-state index < -0.39 is 0 Å². The standard InChI is InChI=1S/C16H21N3O3/c1-9-7-13(21-5)14(22-6)8-12(9)17-16(20)15-10(2)18-19(4)11(15)3/h7-8H,1-6H3,(H,17,20). The van der Waals surface area contributed by atoms with Gasteiger partial charge in [0.05, 0.1) is 25.5 Å². The van der Waals surface area contributed by atoms with Crippen LogP contribution in [0.3, 0.4) is 0 Å². The SMILES string of the molecule is COc1cc(C)c(NC(=O)c2c(C)nn(C)c2C)cc1OC. The van der Waals surface area contributed by atoms with Crippen molar-refractivity contribution >= 4 is 11.6 Å². The maximum absolute atomic E-state index is 12.5. The molecule has 0 radical (unpaired) electrons. The molecule has 1 aromatic heterocycles. The second kappa shape index (κ2) is 6.09. The molecule has 0 unspecified atom stereocenters. The van der Waals surface area contributed by atoms with Gasteiger partial charge in [-0.3, -0.25) is 9.48 Å². The number of rotatable bonds is 4. The van der Waals surface area contributed by atoms with Crippen molar-refractivity contribution in [2.75, 3.05) is 19.5 Å². The molecular formula is C16H21N3O3. The predicted molar refractivity (Wildman–Crippen MR) is 84.9 cm³/mol. The van der Waals surface area contributed by atoms with Crippen molar-refractivity contribution in [3.05, 3.63) is 34.6 Å². The first-order valence-corrected chi connectivity index (χ1v) is 6.93. The summed E-state index contributed by atoms with van der Waals surface area (Å²) in [6.45, 7) is 5.60. The molecule has 0 aliphatic heterocycles. The molecule has 1 amide bonds. The smallest absolute Gasteiger partial charge is 0.259 e. The predicted octanol–water partition coefficient (Wildman–Crippen LogP) is 2.61. The van der Waals surface area contributed by atoms with Gasteiger partial charge in [-0.15, -0.1) is 0 Å². The molecule has 2 aromatic rings. The third-order valence-electron chi connectivity index (χ3n) is 3.71. The summed E-state index contributed by atoms with van der Waals surface area (Å²) in [5.41, 5.74) is 3.70. The molecule has 6 heteroatoms. The minimum Gasteiger partial charge on any atom is -0.493 e. The van der Waals surface area contributed by atoms with Crippen LogP contribution in [0.2, 0.25) is 0 Å². The number of hydrogen-bond donors (Lipinski definition) is 1. The van der Waals surface area contributed by atoms with Crippen LogP contribution in [-0.2, 0) is 7.05 Å². The van der Waals surface area contributed by atoms with E-state index in [4.69, 9.17) is 9.47 Å². The van der Waals surface area contributed by atoms with Crippen LogP contribution in [0.15, 0.2) is 12.1 Å². The van der Waals surface area contributed by atoms with Crippen LogP contribution in [0.1, 0.15) is 27.3 Å². The number of carbonyl (C=O) groups excluding carboxylic acids is 1. The Labute approximate surface area is 130 Å². The van der Waals surface area contributed by atoms with Crippen LogP contribution in [0.25, 0.3) is 0 Å². The molecule has 1 N–H and O–H groups in total. The molecule has 1 heterocycles. The molecule has 0 saturated heterocycles. The number of nitrogens with zero attached hydrogens (tertiary/aromatic N) is 2. The molecule has 0 atom stereocenters. The van der Waals surface area contributed by atoms with E-state index >= 15 is 0 Å². The van der Waals surface area contributed by atoms with Gasteiger partial charge in [-0.05, 0) is 32.4 Å². The van der Waals surface area contributed by atoms with Crippen molar-refractivity contribution in [1.82, 2.24) is 9.78 Å². The summed E-state index contributed by atoms with van der Waals surface area (Å²) in [7, 11) is 4.97. The Morgan fingerprint density at radius 3 is 2.23 bits per heavy atom. The zero-order valence-corrected chi connectivity index (χ0v) is 13.8. The summed E-state index contributed by atoms with van der Waals surface area (Å²) in [6, 6.07) is 3.59. The highest BCUT2D eigenvalue weighted by atomic mass is 16.5. The van der Waals surface area contributed by atoms with Crippen LogP contribution in [0.4, 0.5) is 5.69 Å². The summed E-state index contributed by atoms with van der Waals surface area (Å²) in [5.74, 6) is 1.02. The Kier molecular flexibility index (Phi) is 4.40. The summed E-state index contributed by atoms with van der Waals surface area (Å²) in [5, 5.41) is 7.19. The molecule has 1 aromatic carbocycles. The van der Waals surface area contributed by atoms with E-state index in [-0.39, 0.29) is 5.91 Å². The highest BCUT2D eigenvalue weighted by molar-refractivity contribution is 6.06. The Bertz CT molecular complexity index is 720. The molecule has 0 spiro atoms. The minimum atomic E-state index is -0.182. The molecule has 0 fully saturated rings. The number of aryl methyl sites for hydroxylation is 3. The Morgan fingerprint density at radius 1 is 1.14 bits per heavy atom. The molecule has 0 aliphatic rings. The van der Waals surface area contributed by atoms with E-state index in [0.717, 1.165) is 11.3 Å².